The van der Waals surface area contributed by atoms with Gasteiger partial charge in [0.25, 0.3) is 0 Å². The van der Waals surface area contributed by atoms with Crippen LogP contribution in [-0.4, -0.2) is 11.0 Å². The number of aryl methyl sites for hydroxylation is 1. The van der Waals surface area contributed by atoms with Crippen LogP contribution >= 0.6 is 11.3 Å². The van der Waals surface area contributed by atoms with Crippen LogP contribution in [-0.2, 0) is 13.0 Å². The van der Waals surface area contributed by atoms with E-state index in [0.29, 0.717) is 16.6 Å². The zero-order valence-electron chi connectivity index (χ0n) is 11.8. The number of rotatable bonds is 5. The van der Waals surface area contributed by atoms with Gasteiger partial charge in [-0.3, -0.25) is 0 Å². The summed E-state index contributed by atoms with van der Waals surface area (Å²) in [5.74, 6) is -1.15. The largest absolute Gasteiger partial charge is 0.310 e. The highest BCUT2D eigenvalue weighted by Crippen LogP contribution is 2.29. The molecule has 0 saturated carbocycles. The van der Waals surface area contributed by atoms with Crippen molar-refractivity contribution in [3.63, 3.8) is 0 Å². The average molecular weight is 296 g/mol. The second-order valence-corrected chi connectivity index (χ2v) is 6.02. The lowest BCUT2D eigenvalue weighted by Gasteiger charge is -2.06. The molecule has 0 spiro atoms. The Kier molecular flexibility index (Phi) is 4.83. The Hall–Kier alpha value is -1.33. The van der Waals surface area contributed by atoms with E-state index < -0.39 is 11.6 Å². The highest BCUT2D eigenvalue weighted by atomic mass is 32.1. The summed E-state index contributed by atoms with van der Waals surface area (Å²) in [6.07, 6.45) is 0.809. The normalized spacial score (nSPS) is 11.3. The molecule has 1 aromatic carbocycles. The molecule has 1 heterocycles. The molecule has 0 unspecified atom stereocenters. The highest BCUT2D eigenvalue weighted by molar-refractivity contribution is 7.15. The first kappa shape index (κ1) is 15.1. The molecule has 0 fully saturated rings. The molecule has 5 heteroatoms. The Bertz CT molecular complexity index is 573. The molecule has 0 saturated heterocycles. The topological polar surface area (TPSA) is 24.9 Å². The first-order valence-corrected chi connectivity index (χ1v) is 7.49. The standard InChI is InChI=1S/C15H18F2N2S/c1-4-13-14(8-18-9(2)3)20-15(19-13)10-5-11(16)7-12(17)6-10/h5-7,9,18H,4,8H2,1-3H3. The maximum Gasteiger partial charge on any atom is 0.126 e. The molecule has 108 valence electrons. The number of halogens is 2. The Morgan fingerprint density at radius 2 is 1.85 bits per heavy atom. The van der Waals surface area contributed by atoms with Crippen LogP contribution in [0.15, 0.2) is 18.2 Å². The molecule has 20 heavy (non-hydrogen) atoms. The molecule has 0 atom stereocenters. The molecular weight excluding hydrogens is 278 g/mol. The van der Waals surface area contributed by atoms with Gasteiger partial charge in [-0.25, -0.2) is 13.8 Å². The van der Waals surface area contributed by atoms with Crippen molar-refractivity contribution >= 4 is 11.3 Å². The maximum atomic E-state index is 13.3. The zero-order valence-corrected chi connectivity index (χ0v) is 12.7. The number of hydrogen-bond donors (Lipinski definition) is 1. The van der Waals surface area contributed by atoms with Crippen LogP contribution in [0, 0.1) is 11.6 Å². The first-order valence-electron chi connectivity index (χ1n) is 6.68. The zero-order chi connectivity index (χ0) is 14.7. The number of benzene rings is 1. The average Bonchev–Trinajstić information content (AvgIpc) is 2.78. The van der Waals surface area contributed by atoms with Gasteiger partial charge in [-0.15, -0.1) is 11.3 Å². The van der Waals surface area contributed by atoms with Crippen LogP contribution in [0.4, 0.5) is 8.78 Å². The van der Waals surface area contributed by atoms with Crippen molar-refractivity contribution < 1.29 is 8.78 Å². The van der Waals surface area contributed by atoms with Gasteiger partial charge in [0.2, 0.25) is 0 Å². The van der Waals surface area contributed by atoms with Crippen LogP contribution < -0.4 is 5.32 Å². The summed E-state index contributed by atoms with van der Waals surface area (Å²) in [6.45, 7) is 6.92. The number of nitrogens with one attached hydrogen (secondary N) is 1. The fourth-order valence-corrected chi connectivity index (χ4v) is 2.98. The van der Waals surface area contributed by atoms with Gasteiger partial charge in [0, 0.05) is 29.1 Å². The van der Waals surface area contributed by atoms with Gasteiger partial charge in [-0.05, 0) is 18.6 Å². The Labute approximate surface area is 121 Å². The number of hydrogen-bond acceptors (Lipinski definition) is 3. The van der Waals surface area contributed by atoms with Crippen LogP contribution in [0.1, 0.15) is 31.3 Å². The van der Waals surface area contributed by atoms with Crippen molar-refractivity contribution in [2.75, 3.05) is 0 Å². The predicted octanol–water partition coefficient (Wildman–Crippen LogP) is 4.15. The van der Waals surface area contributed by atoms with Crippen LogP contribution in [0.5, 0.6) is 0 Å². The second-order valence-electron chi connectivity index (χ2n) is 4.94. The minimum Gasteiger partial charge on any atom is -0.310 e. The van der Waals surface area contributed by atoms with Gasteiger partial charge in [0.1, 0.15) is 16.6 Å². The molecule has 2 nitrogen and oxygen atoms in total. The molecule has 0 bridgehead atoms. The number of aromatic nitrogens is 1. The lowest BCUT2D eigenvalue weighted by atomic mass is 10.2. The van der Waals surface area contributed by atoms with Crippen molar-refractivity contribution in [1.29, 1.82) is 0 Å². The number of nitrogens with zero attached hydrogens (tertiary/aromatic N) is 1. The lowest BCUT2D eigenvalue weighted by Crippen LogP contribution is -2.21. The molecule has 2 rings (SSSR count). The molecule has 0 aliphatic rings. The lowest BCUT2D eigenvalue weighted by molar-refractivity contribution is 0.584. The maximum absolute atomic E-state index is 13.3. The molecular formula is C15H18F2N2S. The van der Waals surface area contributed by atoms with E-state index in [9.17, 15) is 8.78 Å². The summed E-state index contributed by atoms with van der Waals surface area (Å²) in [4.78, 5) is 5.63. The van der Waals surface area contributed by atoms with Gasteiger partial charge >= 0.3 is 0 Å². The Morgan fingerprint density at radius 1 is 1.20 bits per heavy atom. The fourth-order valence-electron chi connectivity index (χ4n) is 1.90. The van der Waals surface area contributed by atoms with Gasteiger partial charge < -0.3 is 5.32 Å². The first-order chi connectivity index (χ1) is 9.49. The third kappa shape index (κ3) is 3.61. The third-order valence-electron chi connectivity index (χ3n) is 2.89. The van der Waals surface area contributed by atoms with E-state index in [0.717, 1.165) is 29.6 Å². The fraction of sp³-hybridized carbons (Fsp3) is 0.400. The van der Waals surface area contributed by atoms with Crippen molar-refractivity contribution in [3.8, 4) is 10.6 Å². The van der Waals surface area contributed by atoms with Crippen molar-refractivity contribution in [1.82, 2.24) is 10.3 Å². The van der Waals surface area contributed by atoms with Gasteiger partial charge in [-0.1, -0.05) is 20.8 Å². The molecule has 0 aliphatic heterocycles. The summed E-state index contributed by atoms with van der Waals surface area (Å²) in [6, 6.07) is 3.90. The highest BCUT2D eigenvalue weighted by Gasteiger charge is 2.13. The predicted molar refractivity (Wildman–Crippen MR) is 78.8 cm³/mol. The summed E-state index contributed by atoms with van der Waals surface area (Å²) < 4.78 is 26.6. The molecule has 1 N–H and O–H groups in total. The van der Waals surface area contributed by atoms with Crippen molar-refractivity contribution in [3.05, 3.63) is 40.4 Å². The molecule has 1 aromatic heterocycles. The van der Waals surface area contributed by atoms with Gasteiger partial charge in [-0.2, -0.15) is 0 Å². The molecule has 2 aromatic rings. The van der Waals surface area contributed by atoms with E-state index in [2.05, 4.69) is 24.1 Å². The van der Waals surface area contributed by atoms with Crippen molar-refractivity contribution in [2.45, 2.75) is 39.8 Å². The third-order valence-corrected chi connectivity index (χ3v) is 4.04. The molecule has 0 amide bonds. The van der Waals surface area contributed by atoms with E-state index in [1.807, 2.05) is 6.92 Å². The minimum atomic E-state index is -0.574. The van der Waals surface area contributed by atoms with E-state index >= 15 is 0 Å². The Morgan fingerprint density at radius 3 is 2.40 bits per heavy atom. The van der Waals surface area contributed by atoms with E-state index in [4.69, 9.17) is 0 Å². The smallest absolute Gasteiger partial charge is 0.126 e. The minimum absolute atomic E-state index is 0.386. The van der Waals surface area contributed by atoms with Crippen LogP contribution in [0.25, 0.3) is 10.6 Å². The second kappa shape index (κ2) is 6.41. The Balaban J connectivity index is 2.32. The van der Waals surface area contributed by atoms with Crippen LogP contribution in [0.3, 0.4) is 0 Å². The summed E-state index contributed by atoms with van der Waals surface area (Å²) in [7, 11) is 0. The van der Waals surface area contributed by atoms with E-state index in [1.54, 1.807) is 0 Å². The van der Waals surface area contributed by atoms with Gasteiger partial charge in [0.05, 0.1) is 5.69 Å². The van der Waals surface area contributed by atoms with E-state index in [1.165, 1.54) is 23.5 Å². The molecule has 0 radical (unpaired) electrons. The number of thiazole rings is 1. The summed E-state index contributed by atoms with van der Waals surface area (Å²) >= 11 is 1.49. The molecule has 0 aliphatic carbocycles. The van der Waals surface area contributed by atoms with E-state index in [-0.39, 0.29) is 0 Å². The SMILES string of the molecule is CCc1nc(-c2cc(F)cc(F)c2)sc1CNC(C)C. The van der Waals surface area contributed by atoms with Crippen LogP contribution in [0.2, 0.25) is 0 Å². The summed E-state index contributed by atoms with van der Waals surface area (Å²) in [5, 5.41) is 4.01. The monoisotopic (exact) mass is 296 g/mol. The van der Waals surface area contributed by atoms with Crippen molar-refractivity contribution in [2.24, 2.45) is 0 Å². The summed E-state index contributed by atoms with van der Waals surface area (Å²) in [5.41, 5.74) is 1.49. The quantitative estimate of drug-likeness (QED) is 0.896. The van der Waals surface area contributed by atoms with Gasteiger partial charge in [0.15, 0.2) is 0 Å².